The molecule has 0 atom stereocenters. The molecule has 0 unspecified atom stereocenters. The van der Waals surface area contributed by atoms with E-state index in [0.717, 1.165) is 4.88 Å². The van der Waals surface area contributed by atoms with Crippen molar-refractivity contribution in [2.24, 2.45) is 0 Å². The van der Waals surface area contributed by atoms with E-state index in [-0.39, 0.29) is 5.75 Å². The summed E-state index contributed by atoms with van der Waals surface area (Å²) < 4.78 is 0. The first-order valence-corrected chi connectivity index (χ1v) is 3.83. The first-order valence-electron chi connectivity index (χ1n) is 2.95. The van der Waals surface area contributed by atoms with Crippen LogP contribution in [0.25, 0.3) is 0 Å². The Morgan fingerprint density at radius 1 is 1.70 bits per heavy atom. The van der Waals surface area contributed by atoms with Crippen LogP contribution >= 0.6 is 11.3 Å². The van der Waals surface area contributed by atoms with Gasteiger partial charge in [-0.05, 0) is 13.8 Å². The lowest BCUT2D eigenvalue weighted by Crippen LogP contribution is -1.87. The van der Waals surface area contributed by atoms with Crippen LogP contribution in [0.3, 0.4) is 0 Å². The van der Waals surface area contributed by atoms with Gasteiger partial charge >= 0.3 is 0 Å². The van der Waals surface area contributed by atoms with Gasteiger partial charge in [0, 0.05) is 21.5 Å². The van der Waals surface area contributed by atoms with Gasteiger partial charge in [0.1, 0.15) is 5.75 Å². The zero-order chi connectivity index (χ0) is 7.72. The highest BCUT2D eigenvalue weighted by atomic mass is 32.1. The van der Waals surface area contributed by atoms with Crippen LogP contribution in [0.4, 0.5) is 0 Å². The molecular formula is C7H9NOS. The fourth-order valence-electron chi connectivity index (χ4n) is 0.715. The standard InChI is InChI=1S/C7H9NOS/c1-4(8)6-3-10-5(2)7(6)9/h3,8-9H,1-2H3. The van der Waals surface area contributed by atoms with Gasteiger partial charge in [-0.2, -0.15) is 0 Å². The molecule has 0 aliphatic heterocycles. The molecule has 1 aromatic heterocycles. The third-order valence-electron chi connectivity index (χ3n) is 1.35. The fourth-order valence-corrected chi connectivity index (χ4v) is 1.52. The highest BCUT2D eigenvalue weighted by molar-refractivity contribution is 7.10. The Kier molecular flexibility index (Phi) is 1.76. The second-order valence-electron chi connectivity index (χ2n) is 2.18. The van der Waals surface area contributed by atoms with E-state index in [1.165, 1.54) is 11.3 Å². The largest absolute Gasteiger partial charge is 0.506 e. The van der Waals surface area contributed by atoms with Gasteiger partial charge in [-0.25, -0.2) is 0 Å². The van der Waals surface area contributed by atoms with E-state index in [0.29, 0.717) is 11.3 Å². The van der Waals surface area contributed by atoms with Crippen molar-refractivity contribution in [2.75, 3.05) is 0 Å². The summed E-state index contributed by atoms with van der Waals surface area (Å²) in [6, 6.07) is 0. The molecule has 0 bridgehead atoms. The van der Waals surface area contributed by atoms with E-state index in [2.05, 4.69) is 0 Å². The molecule has 1 aromatic rings. The second kappa shape index (κ2) is 2.42. The smallest absolute Gasteiger partial charge is 0.138 e. The predicted molar refractivity (Wildman–Crippen MR) is 43.2 cm³/mol. The molecule has 0 fully saturated rings. The minimum Gasteiger partial charge on any atom is -0.506 e. The molecule has 1 heterocycles. The van der Waals surface area contributed by atoms with Gasteiger partial charge in [-0.15, -0.1) is 11.3 Å². The predicted octanol–water partition coefficient (Wildman–Crippen LogP) is 2.15. The number of hydrogen-bond donors (Lipinski definition) is 2. The summed E-state index contributed by atoms with van der Waals surface area (Å²) in [7, 11) is 0. The summed E-state index contributed by atoms with van der Waals surface area (Å²) in [5, 5.41) is 18.3. The molecule has 0 saturated carbocycles. The molecule has 2 N–H and O–H groups in total. The van der Waals surface area contributed by atoms with Gasteiger partial charge in [0.05, 0.1) is 0 Å². The maximum Gasteiger partial charge on any atom is 0.138 e. The number of aryl methyl sites for hydroxylation is 1. The van der Waals surface area contributed by atoms with Gasteiger partial charge < -0.3 is 10.5 Å². The molecule has 1 rings (SSSR count). The van der Waals surface area contributed by atoms with E-state index in [1.807, 2.05) is 6.92 Å². The Labute approximate surface area is 63.6 Å². The van der Waals surface area contributed by atoms with E-state index in [4.69, 9.17) is 5.41 Å². The van der Waals surface area contributed by atoms with E-state index < -0.39 is 0 Å². The SMILES string of the molecule is CC(=N)c1csc(C)c1O. The molecule has 3 heteroatoms. The van der Waals surface area contributed by atoms with Gasteiger partial charge in [-0.1, -0.05) is 0 Å². The van der Waals surface area contributed by atoms with Crippen molar-refractivity contribution in [1.82, 2.24) is 0 Å². The fraction of sp³-hybridized carbons (Fsp3) is 0.286. The minimum absolute atomic E-state index is 0.262. The number of thiophene rings is 1. The van der Waals surface area contributed by atoms with Crippen molar-refractivity contribution in [3.8, 4) is 5.75 Å². The Balaban J connectivity index is 3.17. The average Bonchev–Trinajstić information content (AvgIpc) is 2.14. The number of rotatable bonds is 1. The van der Waals surface area contributed by atoms with Crippen LogP contribution in [-0.4, -0.2) is 10.8 Å². The maximum atomic E-state index is 9.28. The van der Waals surface area contributed by atoms with Gasteiger partial charge in [-0.3, -0.25) is 0 Å². The van der Waals surface area contributed by atoms with Gasteiger partial charge in [0.25, 0.3) is 0 Å². The molecule has 0 radical (unpaired) electrons. The zero-order valence-electron chi connectivity index (χ0n) is 5.93. The van der Waals surface area contributed by atoms with Crippen LogP contribution < -0.4 is 0 Å². The average molecular weight is 155 g/mol. The van der Waals surface area contributed by atoms with E-state index >= 15 is 0 Å². The summed E-state index contributed by atoms with van der Waals surface area (Å²) in [5.74, 6) is 0.262. The third kappa shape index (κ3) is 1.04. The summed E-state index contributed by atoms with van der Waals surface area (Å²) in [4.78, 5) is 0.876. The lowest BCUT2D eigenvalue weighted by molar-refractivity contribution is 0.473. The molecule has 10 heavy (non-hydrogen) atoms. The molecule has 0 aliphatic rings. The quantitative estimate of drug-likeness (QED) is 0.599. The monoisotopic (exact) mass is 155 g/mol. The van der Waals surface area contributed by atoms with Crippen LogP contribution in [0, 0.1) is 12.3 Å². The maximum absolute atomic E-state index is 9.28. The van der Waals surface area contributed by atoms with Crippen LogP contribution in [-0.2, 0) is 0 Å². The number of hydrogen-bond acceptors (Lipinski definition) is 3. The molecule has 0 aromatic carbocycles. The van der Waals surface area contributed by atoms with Crippen LogP contribution in [0.1, 0.15) is 17.4 Å². The van der Waals surface area contributed by atoms with E-state index in [9.17, 15) is 5.11 Å². The molecule has 0 aliphatic carbocycles. The highest BCUT2D eigenvalue weighted by Gasteiger charge is 2.06. The van der Waals surface area contributed by atoms with Crippen LogP contribution in [0.2, 0.25) is 0 Å². The zero-order valence-corrected chi connectivity index (χ0v) is 6.75. The van der Waals surface area contributed by atoms with Crippen molar-refractivity contribution >= 4 is 17.0 Å². The number of nitrogens with one attached hydrogen (secondary N) is 1. The normalized spacial score (nSPS) is 9.80. The summed E-state index contributed by atoms with van der Waals surface area (Å²) in [6.07, 6.45) is 0. The molecule has 0 spiro atoms. The first-order chi connectivity index (χ1) is 4.63. The van der Waals surface area contributed by atoms with Crippen molar-refractivity contribution in [3.05, 3.63) is 15.8 Å². The highest BCUT2D eigenvalue weighted by Crippen LogP contribution is 2.28. The van der Waals surface area contributed by atoms with Crippen molar-refractivity contribution in [1.29, 1.82) is 5.41 Å². The Hall–Kier alpha value is -0.830. The van der Waals surface area contributed by atoms with Crippen molar-refractivity contribution in [3.63, 3.8) is 0 Å². The van der Waals surface area contributed by atoms with Crippen LogP contribution in [0.5, 0.6) is 5.75 Å². The second-order valence-corrected chi connectivity index (χ2v) is 3.26. The number of aromatic hydroxyl groups is 1. The van der Waals surface area contributed by atoms with Crippen molar-refractivity contribution in [2.45, 2.75) is 13.8 Å². The topological polar surface area (TPSA) is 44.1 Å². The van der Waals surface area contributed by atoms with Crippen molar-refractivity contribution < 1.29 is 5.11 Å². The first kappa shape index (κ1) is 7.28. The Morgan fingerprint density at radius 3 is 2.50 bits per heavy atom. The molecule has 0 saturated heterocycles. The Morgan fingerprint density at radius 2 is 2.30 bits per heavy atom. The minimum atomic E-state index is 0.262. The molecule has 54 valence electrons. The lowest BCUT2D eigenvalue weighted by atomic mass is 10.2. The summed E-state index contributed by atoms with van der Waals surface area (Å²) in [6.45, 7) is 3.51. The molecule has 2 nitrogen and oxygen atoms in total. The van der Waals surface area contributed by atoms with Gasteiger partial charge in [0.15, 0.2) is 0 Å². The lowest BCUT2D eigenvalue weighted by Gasteiger charge is -1.93. The van der Waals surface area contributed by atoms with Gasteiger partial charge in [0.2, 0.25) is 0 Å². The van der Waals surface area contributed by atoms with E-state index in [1.54, 1.807) is 12.3 Å². The van der Waals surface area contributed by atoms with Crippen LogP contribution in [0.15, 0.2) is 5.38 Å². The summed E-state index contributed by atoms with van der Waals surface area (Å²) in [5.41, 5.74) is 1.07. The molecule has 0 amide bonds. The summed E-state index contributed by atoms with van der Waals surface area (Å²) >= 11 is 1.47. The Bertz CT molecular complexity index is 265. The third-order valence-corrected chi connectivity index (χ3v) is 2.25. The molecular weight excluding hydrogens is 146 g/mol.